The maximum Gasteiger partial charge on any atom is 1.00 e. The van der Waals surface area contributed by atoms with Crippen LogP contribution in [0.4, 0.5) is 0 Å². The molecule has 6 heterocycles. The summed E-state index contributed by atoms with van der Waals surface area (Å²) >= 11 is 5.91. The van der Waals surface area contributed by atoms with E-state index in [9.17, 15) is 43.8 Å². The summed E-state index contributed by atoms with van der Waals surface area (Å²) in [5, 5.41) is 40.4. The predicted octanol–water partition coefficient (Wildman–Crippen LogP) is 9.58. The molecule has 0 spiro atoms. The van der Waals surface area contributed by atoms with Crippen LogP contribution in [0.25, 0.3) is 34.2 Å². The Bertz CT molecular complexity index is 4270. The van der Waals surface area contributed by atoms with Gasteiger partial charge in [0.05, 0.1) is 94.4 Å². The molecular weight excluding hydrogens is 1280 g/mol. The van der Waals surface area contributed by atoms with Gasteiger partial charge in [0.25, 0.3) is 0 Å². The van der Waals surface area contributed by atoms with Crippen LogP contribution in [0.2, 0.25) is 0 Å². The SMILES string of the molecule is CC(C)n1nccc1-c1ncccc1CCl.CC(C)n1nccc1-c1ncccc1COc1cccc(C(=O)O)c1C=O.COC(=O)c1cccc(O)c1.COC(=O)c1cccc(O)c1C=O.COC(=O)c1cccc(OCc2cccnc2-c2ccnn2C(C)C)c1C=O.[Na+].[OH-]. The van der Waals surface area contributed by atoms with Gasteiger partial charge in [-0.05, 0) is 138 Å². The molecule has 500 valence electrons. The minimum atomic E-state index is -1.18. The molecule has 0 saturated carbocycles. The van der Waals surface area contributed by atoms with Crippen molar-refractivity contribution in [3.05, 3.63) is 226 Å². The Morgan fingerprint density at radius 3 is 1.23 bits per heavy atom. The fourth-order valence-corrected chi connectivity index (χ4v) is 9.39. The van der Waals surface area contributed by atoms with Gasteiger partial charge in [-0.3, -0.25) is 43.4 Å². The Morgan fingerprint density at radius 2 is 0.845 bits per heavy atom. The van der Waals surface area contributed by atoms with Crippen molar-refractivity contribution in [1.82, 2.24) is 44.3 Å². The number of halogens is 1. The Morgan fingerprint density at radius 1 is 0.474 bits per heavy atom. The topological polar surface area (TPSA) is 348 Å². The van der Waals surface area contributed by atoms with Gasteiger partial charge in [0.15, 0.2) is 18.9 Å². The second-order valence-electron chi connectivity index (χ2n) is 20.9. The van der Waals surface area contributed by atoms with Crippen LogP contribution in [0.15, 0.2) is 171 Å². The summed E-state index contributed by atoms with van der Waals surface area (Å²) < 4.78 is 31.0. The van der Waals surface area contributed by atoms with Gasteiger partial charge in [-0.25, -0.2) is 19.2 Å². The van der Waals surface area contributed by atoms with E-state index in [2.05, 4.69) is 53.6 Å². The van der Waals surface area contributed by atoms with Crippen LogP contribution in [0.5, 0.6) is 23.0 Å². The number of phenols is 2. The Labute approximate surface area is 586 Å². The zero-order chi connectivity index (χ0) is 69.1. The summed E-state index contributed by atoms with van der Waals surface area (Å²) in [6.07, 6.45) is 11.9. The summed E-state index contributed by atoms with van der Waals surface area (Å²) in [5.74, 6) is -2.01. The first kappa shape index (κ1) is 78.7. The largest absolute Gasteiger partial charge is 1.00 e. The van der Waals surface area contributed by atoms with Gasteiger partial charge in [0.1, 0.15) is 36.2 Å². The van der Waals surface area contributed by atoms with Crippen molar-refractivity contribution < 1.29 is 108 Å². The first-order chi connectivity index (χ1) is 45.8. The van der Waals surface area contributed by atoms with E-state index < -0.39 is 23.9 Å². The average molecular weight is 1350 g/mol. The monoisotopic (exact) mass is 1350 g/mol. The van der Waals surface area contributed by atoms with Crippen molar-refractivity contribution in [1.29, 1.82) is 0 Å². The first-order valence-electron chi connectivity index (χ1n) is 29.2. The molecule has 0 atom stereocenters. The molecule has 0 saturated heterocycles. The number of aldehydes is 3. The average Bonchev–Trinajstić information content (AvgIpc) is 1.83. The third kappa shape index (κ3) is 20.9. The van der Waals surface area contributed by atoms with Crippen LogP contribution in [0.3, 0.4) is 0 Å². The number of pyridine rings is 3. The van der Waals surface area contributed by atoms with Crippen LogP contribution in [0.1, 0.15) is 149 Å². The number of carbonyl (C=O) groups excluding carboxylic acids is 6. The fourth-order valence-electron chi connectivity index (χ4n) is 9.17. The van der Waals surface area contributed by atoms with E-state index in [-0.39, 0.29) is 111 Å². The molecule has 0 aliphatic rings. The van der Waals surface area contributed by atoms with E-state index in [0.717, 1.165) is 50.9 Å². The number of methoxy groups -OCH3 is 3. The number of hydrogen-bond donors (Lipinski definition) is 3. The van der Waals surface area contributed by atoms with Gasteiger partial charge in [0, 0.05) is 72.3 Å². The summed E-state index contributed by atoms with van der Waals surface area (Å²) in [4.78, 5) is 91.8. The van der Waals surface area contributed by atoms with Crippen molar-refractivity contribution in [2.45, 2.75) is 78.8 Å². The van der Waals surface area contributed by atoms with Crippen LogP contribution >= 0.6 is 11.6 Å². The molecule has 4 aromatic carbocycles. The van der Waals surface area contributed by atoms with Crippen LogP contribution in [-0.4, -0.2) is 129 Å². The first-order valence-corrected chi connectivity index (χ1v) is 29.8. The number of alkyl halides is 1. The number of carboxylic acid groups (broad SMARTS) is 1. The third-order valence-electron chi connectivity index (χ3n) is 13.7. The number of esters is 3. The van der Waals surface area contributed by atoms with Crippen LogP contribution in [0, 0.1) is 0 Å². The number of ether oxygens (including phenoxy) is 5. The molecule has 0 amide bonds. The van der Waals surface area contributed by atoms with E-state index in [1.807, 2.05) is 90.3 Å². The molecule has 0 aliphatic carbocycles. The number of aromatic hydroxyl groups is 2. The van der Waals surface area contributed by atoms with Crippen molar-refractivity contribution >= 4 is 54.3 Å². The molecule has 10 rings (SSSR count). The molecule has 0 unspecified atom stereocenters. The molecular formula is C70H71ClN9NaO16. The fraction of sp³-hybridized carbons (Fsp3) is 0.214. The van der Waals surface area contributed by atoms with Crippen molar-refractivity contribution in [2.75, 3.05) is 21.3 Å². The zero-order valence-electron chi connectivity index (χ0n) is 54.8. The number of carbonyl (C=O) groups is 7. The standard InChI is InChI=1S/C21H21N3O4.C20H19N3O4.C12H14ClN3.C9H8O4.C8H8O3.Na.H2O/c1-14(2)24-18(9-11-23-24)20-15(6-5-10-22-20)13-28-19-8-4-7-16(17(19)12-25)21(26)27-3;1-13(2)23-17(8-10-22-23)19-14(5-4-9-21-19)12-27-18-7-3-6-15(20(25)26)16(18)11-24;1-9(2)16-11(5-7-15-16)12-10(8-13)4-3-6-14-12;1-13-9(12)6-3-2-4-8(11)7(6)5-10;1-11-8(10)6-3-2-4-7(9)5-6;;/h4-12,14H,13H2,1-3H3;3-11,13H,12H2,1-2H3,(H,25,26);3-7,9H,8H2,1-2H3;2-5,11H,1H3;2-5,9H,1H3;;1H2/q;;;;;+1;/p-1. The van der Waals surface area contributed by atoms with Crippen molar-refractivity contribution in [3.8, 4) is 57.2 Å². The van der Waals surface area contributed by atoms with Gasteiger partial charge in [-0.15, -0.1) is 11.6 Å². The number of nitrogens with zero attached hydrogens (tertiary/aromatic N) is 9. The molecule has 27 heteroatoms. The van der Waals surface area contributed by atoms with Gasteiger partial charge in [0.2, 0.25) is 0 Å². The number of rotatable bonds is 20. The summed E-state index contributed by atoms with van der Waals surface area (Å²) in [6.45, 7) is 12.7. The van der Waals surface area contributed by atoms with E-state index in [4.69, 9.17) is 30.9 Å². The summed E-state index contributed by atoms with van der Waals surface area (Å²) in [5.41, 5.74) is 8.47. The Balaban J connectivity index is 0.000000268. The van der Waals surface area contributed by atoms with E-state index in [1.165, 1.54) is 63.8 Å². The molecule has 25 nitrogen and oxygen atoms in total. The van der Waals surface area contributed by atoms with E-state index in [0.29, 0.717) is 42.1 Å². The molecule has 0 aliphatic heterocycles. The van der Waals surface area contributed by atoms with Gasteiger partial charge < -0.3 is 44.5 Å². The molecule has 97 heavy (non-hydrogen) atoms. The Kier molecular flexibility index (Phi) is 31.8. The molecule has 10 aromatic rings. The zero-order valence-corrected chi connectivity index (χ0v) is 57.6. The second-order valence-corrected chi connectivity index (χ2v) is 21.1. The second kappa shape index (κ2) is 39.2. The maximum absolute atomic E-state index is 11.9. The normalized spacial score (nSPS) is 10.2. The number of hydrogen-bond acceptors (Lipinski definition) is 21. The minimum Gasteiger partial charge on any atom is -0.870 e. The maximum atomic E-state index is 11.9. The van der Waals surface area contributed by atoms with Gasteiger partial charge in [-0.1, -0.05) is 42.5 Å². The quantitative estimate of drug-likeness (QED) is 0.0210. The third-order valence-corrected chi connectivity index (χ3v) is 14.0. The van der Waals surface area contributed by atoms with E-state index in [1.54, 1.807) is 79.6 Å². The van der Waals surface area contributed by atoms with Crippen molar-refractivity contribution in [3.63, 3.8) is 0 Å². The molecule has 0 radical (unpaired) electrons. The summed E-state index contributed by atoms with van der Waals surface area (Å²) in [6, 6.07) is 37.2. The van der Waals surface area contributed by atoms with Crippen LogP contribution in [-0.2, 0) is 33.3 Å². The number of carboxylic acids is 1. The van der Waals surface area contributed by atoms with E-state index >= 15 is 0 Å². The molecule has 0 fully saturated rings. The number of benzene rings is 4. The number of aromatic carboxylic acids is 1. The molecule has 4 N–H and O–H groups in total. The molecule has 0 bridgehead atoms. The number of aromatic nitrogens is 9. The summed E-state index contributed by atoms with van der Waals surface area (Å²) in [7, 11) is 3.78. The van der Waals surface area contributed by atoms with Gasteiger partial charge >= 0.3 is 53.4 Å². The Hall–Kier alpha value is -10.7. The predicted molar refractivity (Wildman–Crippen MR) is 354 cm³/mol. The number of phenolic OH excluding ortho intramolecular Hbond substituents is 2. The van der Waals surface area contributed by atoms with Gasteiger partial charge in [-0.2, -0.15) is 15.3 Å². The van der Waals surface area contributed by atoms with Crippen molar-refractivity contribution in [2.24, 2.45) is 0 Å². The van der Waals surface area contributed by atoms with Crippen LogP contribution < -0.4 is 39.0 Å². The molecule has 6 aromatic heterocycles. The minimum absolute atomic E-state index is 0. The smallest absolute Gasteiger partial charge is 0.870 e.